The molecule has 0 radical (unpaired) electrons. The Hall–Kier alpha value is -11.7. The second-order valence-electron chi connectivity index (χ2n) is 30.2. The van der Waals surface area contributed by atoms with Gasteiger partial charge in [0.2, 0.25) is 0 Å². The molecule has 560 valence electrons. The van der Waals surface area contributed by atoms with Crippen LogP contribution in [0.15, 0.2) is 146 Å². The second-order valence-corrected chi connectivity index (χ2v) is 30.2. The average molecular weight is 1470 g/mol. The highest BCUT2D eigenvalue weighted by Gasteiger charge is 2.29. The zero-order valence-electron chi connectivity index (χ0n) is 66.1. The summed E-state index contributed by atoms with van der Waals surface area (Å²) in [4.78, 5) is 0. The number of hydrogen-bond donors (Lipinski definition) is 0. The highest BCUT2D eigenvalue weighted by Crippen LogP contribution is 2.54. The van der Waals surface area contributed by atoms with Crippen molar-refractivity contribution < 1.29 is 37.9 Å². The molecule has 0 saturated heterocycles. The molecule has 8 bridgehead atoms. The third-order valence-corrected chi connectivity index (χ3v) is 22.7. The molecular weight excluding hydrogens is 1380 g/mol. The molecule has 8 nitrogen and oxygen atoms in total. The van der Waals surface area contributed by atoms with Crippen LogP contribution in [0.25, 0.3) is 129 Å². The van der Waals surface area contributed by atoms with E-state index in [1.165, 1.54) is 0 Å². The number of rotatable bonds is 32. The van der Waals surface area contributed by atoms with Crippen LogP contribution in [0.1, 0.15) is 203 Å². The normalized spacial score (nSPS) is 12.1. The van der Waals surface area contributed by atoms with E-state index in [0.717, 1.165) is 323 Å². The summed E-state index contributed by atoms with van der Waals surface area (Å²) in [6, 6.07) is 53.0. The summed E-state index contributed by atoms with van der Waals surface area (Å²) in [5.41, 5.74) is 7.25. The third kappa shape index (κ3) is 12.9. The molecule has 0 spiro atoms. The third-order valence-electron chi connectivity index (χ3n) is 22.7. The molecule has 16 aromatic carbocycles. The van der Waals surface area contributed by atoms with Gasteiger partial charge in [0.25, 0.3) is 0 Å². The summed E-state index contributed by atoms with van der Waals surface area (Å²) in [6.45, 7) is 22.1. The van der Waals surface area contributed by atoms with Gasteiger partial charge in [-0.1, -0.05) is 203 Å². The van der Waals surface area contributed by atoms with E-state index < -0.39 is 0 Å². The maximum atomic E-state index is 6.96. The number of hydrogen-bond acceptors (Lipinski definition) is 8. The Kier molecular flexibility index (Phi) is 21.1. The summed E-state index contributed by atoms with van der Waals surface area (Å²) in [5.74, 6) is 36.6. The van der Waals surface area contributed by atoms with Gasteiger partial charge >= 0.3 is 0 Å². The molecule has 0 amide bonds. The molecule has 1 aliphatic carbocycles. The fourth-order valence-corrected chi connectivity index (χ4v) is 16.8. The fraction of sp³-hybridized carbons (Fsp3) is 0.308. The van der Waals surface area contributed by atoms with E-state index in [2.05, 4.69) is 248 Å². The molecular formula is C104H96O8. The van der Waals surface area contributed by atoms with Crippen molar-refractivity contribution in [1.29, 1.82) is 0 Å². The summed E-state index contributed by atoms with van der Waals surface area (Å²) in [6.07, 6.45) is 15.3. The van der Waals surface area contributed by atoms with Gasteiger partial charge < -0.3 is 37.9 Å². The van der Waals surface area contributed by atoms with E-state index in [9.17, 15) is 0 Å². The lowest BCUT2D eigenvalue weighted by Gasteiger charge is -2.22. The Morgan fingerprint density at radius 3 is 0.366 bits per heavy atom. The minimum atomic E-state index is 0.562. The first-order chi connectivity index (χ1) is 55.3. The quantitative estimate of drug-likeness (QED) is 0.0235. The molecule has 1 aliphatic rings. The maximum Gasteiger partial charge on any atom is 0.169 e. The van der Waals surface area contributed by atoms with Gasteiger partial charge in [0.1, 0.15) is 0 Å². The molecule has 0 heterocycles. The number of unbranched alkanes of at least 4 members (excludes halogenated alkanes) is 8. The molecule has 112 heavy (non-hydrogen) atoms. The predicted molar refractivity (Wildman–Crippen MR) is 468 cm³/mol. The van der Waals surface area contributed by atoms with Gasteiger partial charge in [0.15, 0.2) is 46.0 Å². The summed E-state index contributed by atoms with van der Waals surface area (Å²) in [5, 5.41) is 24.7. The summed E-state index contributed by atoms with van der Waals surface area (Å²) >= 11 is 0. The Bertz CT molecular complexity index is 5370. The van der Waals surface area contributed by atoms with Crippen molar-refractivity contribution in [3.8, 4) is 93.4 Å². The van der Waals surface area contributed by atoms with E-state index in [4.69, 9.17) is 37.9 Å². The average Bonchev–Trinajstić information content (AvgIpc) is 0.736. The first-order valence-electron chi connectivity index (χ1n) is 41.5. The standard InChI is InChI=1S/C104H96O8/c1-9-17-57-105-97-81-41-33-65-25-26-67-35-43-83-91-75(67)51-52-77-69(37-45-85(93(77)91)101(109-61-21-13-5)99(83)107-59-19-11-3)29-30-71-39-47-87-95-79(71)55-56-80-72(40-48-88(96(80)95)104(112-64-24-16-8)103(87)111-63-23-15-7)32-31-70-38-46-86-94-78(70)54-53-76-68(36-44-84(92(76)94)100(108-60-20-12-4)102(86)110-62-22-14-6)28-27-66-34-42-82(98(97)106-58-18-10-2)90-74(66)50-49-73(65)89(81)90/h33-56H,9-24,57-64H2,1-8H3. The Morgan fingerprint density at radius 1 is 0.152 bits per heavy atom. The molecule has 0 unspecified atom stereocenters. The minimum absolute atomic E-state index is 0.562. The van der Waals surface area contributed by atoms with Crippen molar-refractivity contribution in [2.45, 2.75) is 158 Å². The summed E-state index contributed by atoms with van der Waals surface area (Å²) in [7, 11) is 0. The Morgan fingerprint density at radius 2 is 0.259 bits per heavy atom. The van der Waals surface area contributed by atoms with E-state index >= 15 is 0 Å². The van der Waals surface area contributed by atoms with Crippen LogP contribution in [-0.2, 0) is 0 Å². The van der Waals surface area contributed by atoms with Crippen molar-refractivity contribution >= 4 is 129 Å². The molecule has 16 aromatic rings. The van der Waals surface area contributed by atoms with Crippen LogP contribution in [0.3, 0.4) is 0 Å². The van der Waals surface area contributed by atoms with Crippen LogP contribution in [0.2, 0.25) is 0 Å². The molecule has 0 fully saturated rings. The van der Waals surface area contributed by atoms with Crippen molar-refractivity contribution in [2.75, 3.05) is 52.9 Å². The highest BCUT2D eigenvalue weighted by atomic mass is 16.5. The molecule has 0 N–H and O–H groups in total. The zero-order valence-corrected chi connectivity index (χ0v) is 66.1. The van der Waals surface area contributed by atoms with Gasteiger partial charge in [0.05, 0.1) is 52.9 Å². The van der Waals surface area contributed by atoms with Crippen LogP contribution in [0.5, 0.6) is 46.0 Å². The summed E-state index contributed by atoms with van der Waals surface area (Å²) < 4.78 is 55.7. The van der Waals surface area contributed by atoms with Gasteiger partial charge in [-0.2, -0.15) is 0 Å². The Labute approximate surface area is 657 Å². The van der Waals surface area contributed by atoms with Crippen LogP contribution in [-0.4, -0.2) is 52.9 Å². The molecule has 8 heteroatoms. The fourth-order valence-electron chi connectivity index (χ4n) is 16.8. The van der Waals surface area contributed by atoms with Gasteiger partial charge in [-0.3, -0.25) is 0 Å². The highest BCUT2D eigenvalue weighted by molar-refractivity contribution is 6.32. The number of fused-ring (bicyclic) bond motifs is 4. The predicted octanol–water partition coefficient (Wildman–Crippen LogP) is 26.6. The molecule has 17 rings (SSSR count). The lowest BCUT2D eigenvalue weighted by atomic mass is 9.87. The van der Waals surface area contributed by atoms with E-state index in [-0.39, 0.29) is 0 Å². The van der Waals surface area contributed by atoms with Gasteiger partial charge in [-0.05, 0) is 192 Å². The SMILES string of the molecule is CCCCOc1c(OCCCC)c2ccc3c4ccc5c(ccc1c5c42)C#Cc1ccc2c(OCCCC)c(OCCCC)c4ccc(c5ccc1c2c54)C#Cc1ccc2c(OCCCC)c(OCCCC)c4ccc(c5ccc1c2c54)C#Cc1ccc2c(OCCCC)c(OCCCC)c4ccc(c5ccc1c2c54)C#C3. The Balaban J connectivity index is 0.963. The smallest absolute Gasteiger partial charge is 0.169 e. The van der Waals surface area contributed by atoms with Crippen molar-refractivity contribution in [3.63, 3.8) is 0 Å². The van der Waals surface area contributed by atoms with Gasteiger partial charge in [-0.25, -0.2) is 0 Å². The van der Waals surface area contributed by atoms with Crippen LogP contribution in [0.4, 0.5) is 0 Å². The maximum absolute atomic E-state index is 6.96. The number of ether oxygens (including phenoxy) is 8. The van der Waals surface area contributed by atoms with Gasteiger partial charge in [0, 0.05) is 131 Å². The van der Waals surface area contributed by atoms with Crippen molar-refractivity contribution in [3.05, 3.63) is 190 Å². The molecule has 0 atom stereocenters. The lowest BCUT2D eigenvalue weighted by Crippen LogP contribution is -2.05. The van der Waals surface area contributed by atoms with Crippen LogP contribution in [0, 0.1) is 47.4 Å². The molecule has 0 aliphatic heterocycles. The van der Waals surface area contributed by atoms with Crippen LogP contribution < -0.4 is 37.9 Å². The first kappa shape index (κ1) is 73.1. The second kappa shape index (κ2) is 32.3. The minimum Gasteiger partial charge on any atom is -0.489 e. The van der Waals surface area contributed by atoms with Crippen molar-refractivity contribution in [2.24, 2.45) is 0 Å². The topological polar surface area (TPSA) is 73.8 Å². The molecule has 0 aromatic heterocycles. The van der Waals surface area contributed by atoms with Crippen LogP contribution >= 0.6 is 0 Å². The largest absolute Gasteiger partial charge is 0.489 e. The van der Waals surface area contributed by atoms with E-state index in [1.807, 2.05) is 0 Å². The first-order valence-corrected chi connectivity index (χ1v) is 41.5. The lowest BCUT2D eigenvalue weighted by molar-refractivity contribution is 0.267. The number of benzene rings is 16. The monoisotopic (exact) mass is 1470 g/mol. The van der Waals surface area contributed by atoms with Gasteiger partial charge in [-0.15, -0.1) is 0 Å². The van der Waals surface area contributed by atoms with Crippen molar-refractivity contribution in [1.82, 2.24) is 0 Å². The van der Waals surface area contributed by atoms with E-state index in [0.29, 0.717) is 52.9 Å². The molecule has 0 saturated carbocycles. The van der Waals surface area contributed by atoms with E-state index in [1.54, 1.807) is 0 Å². The zero-order chi connectivity index (χ0) is 76.3.